The summed E-state index contributed by atoms with van der Waals surface area (Å²) in [6, 6.07) is 9.65. The molecule has 8 heteroatoms. The summed E-state index contributed by atoms with van der Waals surface area (Å²) < 4.78 is 2.18. The van der Waals surface area contributed by atoms with E-state index in [1.54, 1.807) is 12.3 Å². The van der Waals surface area contributed by atoms with Gasteiger partial charge < -0.3 is 9.67 Å². The van der Waals surface area contributed by atoms with Gasteiger partial charge in [0.1, 0.15) is 0 Å². The molecule has 3 aromatic rings. The van der Waals surface area contributed by atoms with Crippen LogP contribution in [0.2, 0.25) is 5.02 Å². The predicted molar refractivity (Wildman–Crippen MR) is 107 cm³/mol. The molecule has 2 N–H and O–H groups in total. The van der Waals surface area contributed by atoms with Crippen molar-refractivity contribution in [3.63, 3.8) is 0 Å². The molecule has 1 saturated carbocycles. The van der Waals surface area contributed by atoms with Crippen LogP contribution in [0.15, 0.2) is 42.9 Å². The number of anilines is 1. The molecule has 1 aliphatic rings. The van der Waals surface area contributed by atoms with E-state index in [1.807, 2.05) is 30.6 Å². The molecule has 28 heavy (non-hydrogen) atoms. The lowest BCUT2D eigenvalue weighted by atomic mass is 9.95. The van der Waals surface area contributed by atoms with E-state index in [1.165, 1.54) is 19.3 Å². The van der Waals surface area contributed by atoms with Crippen molar-refractivity contribution in [2.24, 2.45) is 0 Å². The van der Waals surface area contributed by atoms with E-state index in [0.717, 1.165) is 29.8 Å². The molecule has 1 amide bonds. The van der Waals surface area contributed by atoms with Crippen molar-refractivity contribution < 1.29 is 9.90 Å². The van der Waals surface area contributed by atoms with Crippen LogP contribution in [0.5, 0.6) is 0 Å². The maximum Gasteiger partial charge on any atom is 0.411 e. The standard InChI is InChI=1S/C20H20ClN5O2/c21-14-8-6-13(7-9-14)17-18(16-10-11-22-19(24-16)25-20(27)28)26(12-23-17)15-4-2-1-3-5-15/h6-12,15H,1-5H2,(H,27,28)(H,22,24,25). The molecule has 0 atom stereocenters. The topological polar surface area (TPSA) is 92.9 Å². The summed E-state index contributed by atoms with van der Waals surface area (Å²) in [6.45, 7) is 0. The molecule has 2 heterocycles. The van der Waals surface area contributed by atoms with Gasteiger partial charge in [-0.1, -0.05) is 43.0 Å². The smallest absolute Gasteiger partial charge is 0.411 e. The van der Waals surface area contributed by atoms with Crippen molar-refractivity contribution in [1.82, 2.24) is 19.5 Å². The average molecular weight is 398 g/mol. The van der Waals surface area contributed by atoms with E-state index >= 15 is 0 Å². The Kier molecular flexibility index (Phi) is 5.25. The summed E-state index contributed by atoms with van der Waals surface area (Å²) in [5.74, 6) is 0.0449. The summed E-state index contributed by atoms with van der Waals surface area (Å²) >= 11 is 6.04. The second kappa shape index (κ2) is 7.98. The zero-order valence-electron chi connectivity index (χ0n) is 15.2. The molecule has 0 bridgehead atoms. The van der Waals surface area contributed by atoms with Gasteiger partial charge in [-0.3, -0.25) is 5.32 Å². The van der Waals surface area contributed by atoms with E-state index in [-0.39, 0.29) is 5.95 Å². The molecular weight excluding hydrogens is 378 g/mol. The maximum atomic E-state index is 11.0. The van der Waals surface area contributed by atoms with E-state index in [0.29, 0.717) is 16.8 Å². The lowest BCUT2D eigenvalue weighted by Crippen LogP contribution is -2.14. The number of halogens is 1. The van der Waals surface area contributed by atoms with E-state index in [2.05, 4.69) is 24.8 Å². The van der Waals surface area contributed by atoms with Crippen molar-refractivity contribution >= 4 is 23.6 Å². The van der Waals surface area contributed by atoms with Gasteiger partial charge in [0, 0.05) is 22.8 Å². The summed E-state index contributed by atoms with van der Waals surface area (Å²) in [4.78, 5) is 24.1. The van der Waals surface area contributed by atoms with Crippen LogP contribution in [-0.4, -0.2) is 30.7 Å². The van der Waals surface area contributed by atoms with Gasteiger partial charge in [-0.05, 0) is 31.0 Å². The number of imidazole rings is 1. The Labute approximate surface area is 167 Å². The van der Waals surface area contributed by atoms with E-state index in [9.17, 15) is 4.79 Å². The van der Waals surface area contributed by atoms with Gasteiger partial charge in [-0.2, -0.15) is 0 Å². The molecule has 2 aromatic heterocycles. The maximum absolute atomic E-state index is 11.0. The Hall–Kier alpha value is -2.93. The number of hydrogen-bond acceptors (Lipinski definition) is 4. The molecule has 0 saturated heterocycles. The zero-order chi connectivity index (χ0) is 19.5. The summed E-state index contributed by atoms with van der Waals surface area (Å²) in [6.07, 6.45) is 8.03. The van der Waals surface area contributed by atoms with Crippen LogP contribution < -0.4 is 5.32 Å². The molecule has 7 nitrogen and oxygen atoms in total. The Balaban J connectivity index is 1.83. The number of rotatable bonds is 4. The van der Waals surface area contributed by atoms with Gasteiger partial charge in [0.15, 0.2) is 0 Å². The lowest BCUT2D eigenvalue weighted by molar-refractivity contribution is 0.209. The number of nitrogens with zero attached hydrogens (tertiary/aromatic N) is 4. The van der Waals surface area contributed by atoms with Gasteiger partial charge in [-0.25, -0.2) is 19.7 Å². The number of hydrogen-bond donors (Lipinski definition) is 2. The molecule has 0 unspecified atom stereocenters. The normalized spacial score (nSPS) is 14.8. The SMILES string of the molecule is O=C(O)Nc1nccc(-c2c(-c3ccc(Cl)cc3)ncn2C2CCCCC2)n1. The fourth-order valence-electron chi connectivity index (χ4n) is 3.72. The van der Waals surface area contributed by atoms with Crippen molar-refractivity contribution in [3.05, 3.63) is 47.9 Å². The zero-order valence-corrected chi connectivity index (χ0v) is 15.9. The van der Waals surface area contributed by atoms with E-state index in [4.69, 9.17) is 16.7 Å². The number of amides is 1. The van der Waals surface area contributed by atoms with Crippen molar-refractivity contribution in [2.75, 3.05) is 5.32 Å². The van der Waals surface area contributed by atoms with Crippen LogP contribution >= 0.6 is 11.6 Å². The fraction of sp³-hybridized carbons (Fsp3) is 0.300. The Bertz CT molecular complexity index is 981. The molecule has 1 aliphatic carbocycles. The number of nitrogens with one attached hydrogen (secondary N) is 1. The monoisotopic (exact) mass is 397 g/mol. The molecule has 1 fully saturated rings. The highest BCUT2D eigenvalue weighted by Crippen LogP contribution is 2.37. The Morgan fingerprint density at radius 2 is 1.86 bits per heavy atom. The minimum atomic E-state index is -1.20. The number of aromatic nitrogens is 4. The van der Waals surface area contributed by atoms with Gasteiger partial charge in [0.25, 0.3) is 0 Å². The van der Waals surface area contributed by atoms with Crippen molar-refractivity contribution in [1.29, 1.82) is 0 Å². The molecule has 0 spiro atoms. The molecular formula is C20H20ClN5O2. The van der Waals surface area contributed by atoms with E-state index < -0.39 is 6.09 Å². The first-order chi connectivity index (χ1) is 13.6. The van der Waals surface area contributed by atoms with Gasteiger partial charge in [0.05, 0.1) is 23.4 Å². The van der Waals surface area contributed by atoms with Crippen molar-refractivity contribution in [3.8, 4) is 22.6 Å². The third-order valence-electron chi connectivity index (χ3n) is 5.00. The van der Waals surface area contributed by atoms with Gasteiger partial charge in [0.2, 0.25) is 5.95 Å². The van der Waals surface area contributed by atoms with Crippen LogP contribution in [-0.2, 0) is 0 Å². The van der Waals surface area contributed by atoms with Crippen molar-refractivity contribution in [2.45, 2.75) is 38.1 Å². The average Bonchev–Trinajstić information content (AvgIpc) is 3.14. The van der Waals surface area contributed by atoms with Crippen LogP contribution in [0.25, 0.3) is 22.6 Å². The molecule has 4 rings (SSSR count). The highest BCUT2D eigenvalue weighted by Gasteiger charge is 2.23. The highest BCUT2D eigenvalue weighted by molar-refractivity contribution is 6.30. The first-order valence-electron chi connectivity index (χ1n) is 9.28. The second-order valence-electron chi connectivity index (χ2n) is 6.84. The third kappa shape index (κ3) is 3.84. The quantitative estimate of drug-likeness (QED) is 0.626. The highest BCUT2D eigenvalue weighted by atomic mass is 35.5. The third-order valence-corrected chi connectivity index (χ3v) is 5.25. The largest absolute Gasteiger partial charge is 0.465 e. The van der Waals surface area contributed by atoms with Gasteiger partial charge in [-0.15, -0.1) is 0 Å². The number of carboxylic acid groups (broad SMARTS) is 1. The molecule has 144 valence electrons. The predicted octanol–water partition coefficient (Wildman–Crippen LogP) is 5.26. The van der Waals surface area contributed by atoms with Gasteiger partial charge >= 0.3 is 6.09 Å². The number of benzene rings is 1. The van der Waals surface area contributed by atoms with Crippen LogP contribution in [0.1, 0.15) is 38.1 Å². The van der Waals surface area contributed by atoms with Crippen LogP contribution in [0, 0.1) is 0 Å². The second-order valence-corrected chi connectivity index (χ2v) is 7.28. The Morgan fingerprint density at radius 3 is 2.57 bits per heavy atom. The van der Waals surface area contributed by atoms with Crippen LogP contribution in [0.4, 0.5) is 10.7 Å². The lowest BCUT2D eigenvalue weighted by Gasteiger charge is -2.25. The first-order valence-corrected chi connectivity index (χ1v) is 9.66. The summed E-state index contributed by atoms with van der Waals surface area (Å²) in [5.41, 5.74) is 3.22. The summed E-state index contributed by atoms with van der Waals surface area (Å²) in [7, 11) is 0. The van der Waals surface area contributed by atoms with Crippen LogP contribution in [0.3, 0.4) is 0 Å². The number of carbonyl (C=O) groups is 1. The minimum absolute atomic E-state index is 0.0449. The summed E-state index contributed by atoms with van der Waals surface area (Å²) in [5, 5.41) is 11.9. The first kappa shape index (κ1) is 18.4. The molecule has 1 aromatic carbocycles. The Morgan fingerprint density at radius 1 is 1.11 bits per heavy atom. The molecule has 0 aliphatic heterocycles. The fourth-order valence-corrected chi connectivity index (χ4v) is 3.84. The molecule has 0 radical (unpaired) electrons. The minimum Gasteiger partial charge on any atom is -0.465 e.